The zero-order valence-electron chi connectivity index (χ0n) is 14.4. The number of rotatable bonds is 5. The third-order valence-electron chi connectivity index (χ3n) is 3.86. The second-order valence-electron chi connectivity index (χ2n) is 5.83. The highest BCUT2D eigenvalue weighted by Gasteiger charge is 2.22. The second kappa shape index (κ2) is 7.25. The van der Waals surface area contributed by atoms with E-state index in [9.17, 15) is 13.2 Å². The van der Waals surface area contributed by atoms with Gasteiger partial charge in [0.1, 0.15) is 19.0 Å². The number of ether oxygens (including phenoxy) is 3. The van der Waals surface area contributed by atoms with Crippen molar-refractivity contribution in [1.82, 2.24) is 4.72 Å². The Bertz CT molecular complexity index is 939. The fourth-order valence-corrected chi connectivity index (χ4v) is 3.65. The highest BCUT2D eigenvalue weighted by Crippen LogP contribution is 2.32. The maximum absolute atomic E-state index is 12.5. The average Bonchev–Trinajstić information content (AvgIpc) is 2.61. The van der Waals surface area contributed by atoms with Gasteiger partial charge in [0.25, 0.3) is 10.0 Å². The molecule has 0 aromatic heterocycles. The van der Waals surface area contributed by atoms with E-state index in [4.69, 9.17) is 14.2 Å². The van der Waals surface area contributed by atoms with Crippen molar-refractivity contribution in [1.29, 1.82) is 0 Å². The Labute approximate surface area is 151 Å². The van der Waals surface area contributed by atoms with Gasteiger partial charge in [-0.15, -0.1) is 0 Å². The number of carbonyl (C=O) groups excluding carboxylic acids is 1. The molecule has 0 atom stereocenters. The summed E-state index contributed by atoms with van der Waals surface area (Å²) in [4.78, 5) is 12.2. The van der Waals surface area contributed by atoms with E-state index < -0.39 is 15.9 Å². The summed E-state index contributed by atoms with van der Waals surface area (Å²) in [6.07, 6.45) is -0.116. The lowest BCUT2D eigenvalue weighted by Gasteiger charge is -2.19. The number of hydrogen-bond donors (Lipinski definition) is 1. The predicted octanol–water partition coefficient (Wildman–Crippen LogP) is 1.82. The molecule has 0 fully saturated rings. The minimum absolute atomic E-state index is 0.0636. The van der Waals surface area contributed by atoms with E-state index in [0.29, 0.717) is 36.0 Å². The van der Waals surface area contributed by atoms with Crippen molar-refractivity contribution in [3.63, 3.8) is 0 Å². The molecule has 0 unspecified atom stereocenters. The first-order valence-electron chi connectivity index (χ1n) is 7.98. The van der Waals surface area contributed by atoms with Gasteiger partial charge in [-0.25, -0.2) is 13.1 Å². The van der Waals surface area contributed by atoms with Gasteiger partial charge in [-0.2, -0.15) is 0 Å². The number of methoxy groups -OCH3 is 1. The summed E-state index contributed by atoms with van der Waals surface area (Å²) in [7, 11) is -2.52. The van der Waals surface area contributed by atoms with Gasteiger partial charge in [-0.1, -0.05) is 17.7 Å². The van der Waals surface area contributed by atoms with Crippen molar-refractivity contribution in [2.45, 2.75) is 18.2 Å². The van der Waals surface area contributed by atoms with Gasteiger partial charge in [-0.3, -0.25) is 4.79 Å². The van der Waals surface area contributed by atoms with Crippen LogP contribution >= 0.6 is 0 Å². The highest BCUT2D eigenvalue weighted by atomic mass is 32.2. The molecular weight excluding hydrogens is 358 g/mol. The molecule has 0 bridgehead atoms. The van der Waals surface area contributed by atoms with E-state index in [-0.39, 0.29) is 11.3 Å². The van der Waals surface area contributed by atoms with Crippen LogP contribution in [0, 0.1) is 6.92 Å². The molecule has 1 aliphatic heterocycles. The molecule has 2 aromatic rings. The number of hydrogen-bond acceptors (Lipinski definition) is 6. The van der Waals surface area contributed by atoms with E-state index in [1.54, 1.807) is 12.1 Å². The Morgan fingerprint density at radius 3 is 2.58 bits per heavy atom. The molecule has 1 aliphatic rings. The molecule has 1 N–H and O–H groups in total. The molecule has 0 radical (unpaired) electrons. The lowest BCUT2D eigenvalue weighted by Crippen LogP contribution is -2.32. The molecular formula is C18H19NO6S. The second-order valence-corrected chi connectivity index (χ2v) is 7.51. The summed E-state index contributed by atoms with van der Waals surface area (Å²) in [5.41, 5.74) is 1.56. The normalized spacial score (nSPS) is 13.2. The Morgan fingerprint density at radius 2 is 1.85 bits per heavy atom. The summed E-state index contributed by atoms with van der Waals surface area (Å²) in [5.74, 6) is 0.698. The van der Waals surface area contributed by atoms with Gasteiger partial charge in [0, 0.05) is 11.6 Å². The zero-order valence-corrected chi connectivity index (χ0v) is 15.3. The minimum atomic E-state index is -4.02. The molecule has 26 heavy (non-hydrogen) atoms. The van der Waals surface area contributed by atoms with Crippen LogP contribution in [0.5, 0.6) is 17.2 Å². The van der Waals surface area contributed by atoms with E-state index >= 15 is 0 Å². The first-order chi connectivity index (χ1) is 12.4. The monoisotopic (exact) mass is 377 g/mol. The number of benzene rings is 2. The number of carbonyl (C=O) groups is 1. The maximum Gasteiger partial charge on any atom is 0.264 e. The van der Waals surface area contributed by atoms with Crippen LogP contribution in [-0.4, -0.2) is 34.6 Å². The largest absolute Gasteiger partial charge is 0.496 e. The maximum atomic E-state index is 12.5. The summed E-state index contributed by atoms with van der Waals surface area (Å²) in [6, 6.07) is 9.61. The van der Waals surface area contributed by atoms with Gasteiger partial charge >= 0.3 is 0 Å². The predicted molar refractivity (Wildman–Crippen MR) is 94.2 cm³/mol. The van der Waals surface area contributed by atoms with Crippen molar-refractivity contribution < 1.29 is 27.4 Å². The lowest BCUT2D eigenvalue weighted by atomic mass is 10.1. The van der Waals surface area contributed by atoms with Gasteiger partial charge in [-0.05, 0) is 25.1 Å². The summed E-state index contributed by atoms with van der Waals surface area (Å²) in [5, 5.41) is 0. The molecule has 1 amide bonds. The zero-order chi connectivity index (χ0) is 18.7. The summed E-state index contributed by atoms with van der Waals surface area (Å²) < 4.78 is 43.0. The van der Waals surface area contributed by atoms with E-state index in [0.717, 1.165) is 5.56 Å². The molecule has 0 saturated heterocycles. The molecule has 0 saturated carbocycles. The number of amides is 1. The lowest BCUT2D eigenvalue weighted by molar-refractivity contribution is -0.118. The van der Waals surface area contributed by atoms with Gasteiger partial charge in [0.05, 0.1) is 18.4 Å². The molecule has 1 heterocycles. The number of aryl methyl sites for hydroxylation is 1. The fourth-order valence-electron chi connectivity index (χ4n) is 2.65. The number of sulfonamides is 1. The molecule has 3 rings (SSSR count). The van der Waals surface area contributed by atoms with Crippen molar-refractivity contribution in [2.75, 3.05) is 20.3 Å². The molecule has 138 valence electrons. The smallest absolute Gasteiger partial charge is 0.264 e. The van der Waals surface area contributed by atoms with Crippen LogP contribution in [0.15, 0.2) is 41.3 Å². The van der Waals surface area contributed by atoms with Crippen LogP contribution in [0.25, 0.3) is 0 Å². The van der Waals surface area contributed by atoms with Crippen LogP contribution in [0.1, 0.15) is 11.1 Å². The highest BCUT2D eigenvalue weighted by molar-refractivity contribution is 7.90. The van der Waals surface area contributed by atoms with E-state index in [2.05, 4.69) is 4.72 Å². The standard InChI is InChI=1S/C18H19NO6S/c1-12-3-5-15(23-2)13(9-12)10-18(20)19-26(21,22)14-4-6-16-17(11-14)25-8-7-24-16/h3-6,9,11H,7-8,10H2,1-2H3,(H,19,20). The molecule has 0 spiro atoms. The average molecular weight is 377 g/mol. The molecule has 8 heteroatoms. The van der Waals surface area contributed by atoms with Crippen molar-refractivity contribution in [3.8, 4) is 17.2 Å². The Hall–Kier alpha value is -2.74. The number of nitrogens with one attached hydrogen (secondary N) is 1. The topological polar surface area (TPSA) is 90.9 Å². The van der Waals surface area contributed by atoms with Crippen LogP contribution in [0.4, 0.5) is 0 Å². The van der Waals surface area contributed by atoms with E-state index in [1.807, 2.05) is 13.0 Å². The first kappa shape index (κ1) is 18.1. The van der Waals surface area contributed by atoms with E-state index in [1.165, 1.54) is 25.3 Å². The van der Waals surface area contributed by atoms with Crippen molar-refractivity contribution in [2.24, 2.45) is 0 Å². The van der Waals surface area contributed by atoms with Crippen LogP contribution in [0.2, 0.25) is 0 Å². The molecule has 2 aromatic carbocycles. The van der Waals surface area contributed by atoms with Crippen LogP contribution < -0.4 is 18.9 Å². The van der Waals surface area contributed by atoms with Gasteiger partial charge in [0.2, 0.25) is 5.91 Å². The van der Waals surface area contributed by atoms with Gasteiger partial charge in [0.15, 0.2) is 11.5 Å². The van der Waals surface area contributed by atoms with Crippen LogP contribution in [0.3, 0.4) is 0 Å². The third-order valence-corrected chi connectivity index (χ3v) is 5.23. The molecule has 7 nitrogen and oxygen atoms in total. The quantitative estimate of drug-likeness (QED) is 0.855. The SMILES string of the molecule is COc1ccc(C)cc1CC(=O)NS(=O)(=O)c1ccc2c(c1)OCCO2. The van der Waals surface area contributed by atoms with Gasteiger partial charge < -0.3 is 14.2 Å². The summed E-state index contributed by atoms with van der Waals surface area (Å²) >= 11 is 0. The Balaban J connectivity index is 1.77. The van der Waals surface area contributed by atoms with Crippen molar-refractivity contribution >= 4 is 15.9 Å². The molecule has 0 aliphatic carbocycles. The number of fused-ring (bicyclic) bond motifs is 1. The summed E-state index contributed by atoms with van der Waals surface area (Å²) in [6.45, 7) is 2.64. The Kier molecular flexibility index (Phi) is 5.03. The minimum Gasteiger partial charge on any atom is -0.496 e. The third kappa shape index (κ3) is 3.91. The first-order valence-corrected chi connectivity index (χ1v) is 9.46. The fraction of sp³-hybridized carbons (Fsp3) is 0.278. The van der Waals surface area contributed by atoms with Crippen molar-refractivity contribution in [3.05, 3.63) is 47.5 Å². The Morgan fingerprint density at radius 1 is 1.12 bits per heavy atom. The van der Waals surface area contributed by atoms with Crippen LogP contribution in [-0.2, 0) is 21.2 Å².